The van der Waals surface area contributed by atoms with Gasteiger partial charge in [-0.1, -0.05) is 13.3 Å². The molecule has 0 aliphatic carbocycles. The number of unbranched alkanes of at least 4 members (excludes halogenated alkanes) is 1. The fourth-order valence-electron chi connectivity index (χ4n) is 0.228. The van der Waals surface area contributed by atoms with Crippen molar-refractivity contribution in [2.45, 2.75) is 19.8 Å². The standard InChI is InChI=1S/C4H9.C3H4NS.Mg/c1-3-4-2;1-2-5-3-4-1;/h1,3-4H2,2H3;1-2H2;/q2*-1;+2. The van der Waals surface area contributed by atoms with Gasteiger partial charge in [0, 0.05) is 6.54 Å². The molecule has 0 saturated heterocycles. The van der Waals surface area contributed by atoms with Crippen LogP contribution in [0.15, 0.2) is 4.99 Å². The van der Waals surface area contributed by atoms with Crippen LogP contribution >= 0.6 is 11.8 Å². The van der Waals surface area contributed by atoms with E-state index >= 15 is 0 Å². The van der Waals surface area contributed by atoms with Gasteiger partial charge >= 0.3 is 23.1 Å². The summed E-state index contributed by atoms with van der Waals surface area (Å²) in [7, 11) is 0. The molecule has 0 fully saturated rings. The van der Waals surface area contributed by atoms with Crippen LogP contribution < -0.4 is 0 Å². The summed E-state index contributed by atoms with van der Waals surface area (Å²) in [6, 6.07) is 0. The molecule has 1 nitrogen and oxygen atoms in total. The van der Waals surface area contributed by atoms with Crippen LogP contribution in [0.1, 0.15) is 19.8 Å². The molecule has 0 aromatic rings. The third-order valence-corrected chi connectivity index (χ3v) is 1.43. The molecule has 0 saturated carbocycles. The van der Waals surface area contributed by atoms with E-state index in [9.17, 15) is 0 Å². The second-order valence-corrected chi connectivity index (χ2v) is 2.55. The summed E-state index contributed by atoms with van der Waals surface area (Å²) < 4.78 is 0. The molecule has 0 atom stereocenters. The molecule has 0 spiro atoms. The van der Waals surface area contributed by atoms with Gasteiger partial charge in [0.15, 0.2) is 0 Å². The smallest absolute Gasteiger partial charge is 0.492 e. The molecular weight excluding hydrogens is 154 g/mol. The maximum absolute atomic E-state index is 3.80. The molecule has 0 N–H and O–H groups in total. The van der Waals surface area contributed by atoms with E-state index in [1.807, 2.05) is 0 Å². The SMILES string of the molecule is [C-]1=NCCS1.[CH2-]CCC.[Mg+2]. The fourth-order valence-corrected chi connectivity index (χ4v) is 0.685. The Labute approximate surface area is 84.2 Å². The molecular formula is C7H13MgNS. The van der Waals surface area contributed by atoms with Gasteiger partial charge in [0.05, 0.1) is 0 Å². The van der Waals surface area contributed by atoms with Gasteiger partial charge in [-0.3, -0.25) is 0 Å². The average Bonchev–Trinajstić information content (AvgIpc) is 2.43. The normalized spacial score (nSPS) is 13.4. The minimum atomic E-state index is 0. The number of aliphatic imine (C=N–C) groups is 1. The summed E-state index contributed by atoms with van der Waals surface area (Å²) in [5.41, 5.74) is 2.76. The van der Waals surface area contributed by atoms with Crippen molar-refractivity contribution in [1.82, 2.24) is 0 Å². The maximum Gasteiger partial charge on any atom is 2.00 e. The molecule has 10 heavy (non-hydrogen) atoms. The Kier molecular flexibility index (Phi) is 16.7. The van der Waals surface area contributed by atoms with Crippen molar-refractivity contribution in [2.75, 3.05) is 12.3 Å². The van der Waals surface area contributed by atoms with E-state index in [2.05, 4.69) is 24.4 Å². The summed E-state index contributed by atoms with van der Waals surface area (Å²) in [6.07, 6.45) is 2.28. The first-order valence-corrected chi connectivity index (χ1v) is 4.23. The Hall–Kier alpha value is 0.786. The van der Waals surface area contributed by atoms with E-state index in [0.29, 0.717) is 0 Å². The van der Waals surface area contributed by atoms with Crippen LogP contribution in [-0.2, 0) is 0 Å². The van der Waals surface area contributed by atoms with E-state index in [4.69, 9.17) is 0 Å². The minimum absolute atomic E-state index is 0. The first-order chi connectivity index (χ1) is 4.41. The second kappa shape index (κ2) is 12.5. The van der Waals surface area contributed by atoms with E-state index in [1.165, 1.54) is 6.42 Å². The third kappa shape index (κ3) is 11.6. The monoisotopic (exact) mass is 167 g/mol. The Morgan fingerprint density at radius 3 is 2.40 bits per heavy atom. The van der Waals surface area contributed by atoms with Gasteiger partial charge in [-0.05, 0) is 5.75 Å². The summed E-state index contributed by atoms with van der Waals surface area (Å²) in [4.78, 5) is 3.80. The zero-order valence-corrected chi connectivity index (χ0v) is 8.83. The third-order valence-electron chi connectivity index (χ3n) is 0.788. The molecule has 54 valence electrons. The molecule has 1 heterocycles. The van der Waals surface area contributed by atoms with Crippen molar-refractivity contribution in [2.24, 2.45) is 4.99 Å². The molecule has 1 aliphatic heterocycles. The van der Waals surface area contributed by atoms with Gasteiger partial charge in [0.25, 0.3) is 0 Å². The van der Waals surface area contributed by atoms with E-state index < -0.39 is 0 Å². The van der Waals surface area contributed by atoms with Crippen molar-refractivity contribution in [3.63, 3.8) is 0 Å². The van der Waals surface area contributed by atoms with Crippen LogP contribution in [0.4, 0.5) is 0 Å². The predicted octanol–water partition coefficient (Wildman–Crippen LogP) is 1.88. The van der Waals surface area contributed by atoms with Crippen molar-refractivity contribution < 1.29 is 0 Å². The molecule has 0 aromatic heterocycles. The van der Waals surface area contributed by atoms with Gasteiger partial charge in [-0.25, -0.2) is 0 Å². The molecule has 3 heteroatoms. The van der Waals surface area contributed by atoms with Crippen molar-refractivity contribution >= 4 is 40.4 Å². The summed E-state index contributed by atoms with van der Waals surface area (Å²) in [5.74, 6) is 1.14. The van der Waals surface area contributed by atoms with Crippen molar-refractivity contribution in [1.29, 1.82) is 0 Å². The first kappa shape index (κ1) is 13.4. The van der Waals surface area contributed by atoms with Gasteiger partial charge in [0.1, 0.15) is 0 Å². The van der Waals surface area contributed by atoms with Crippen LogP contribution in [0, 0.1) is 6.92 Å². The van der Waals surface area contributed by atoms with Gasteiger partial charge in [-0.15, -0.1) is 0 Å². The Morgan fingerprint density at radius 1 is 1.70 bits per heavy atom. The summed E-state index contributed by atoms with van der Waals surface area (Å²) in [6.45, 7) is 6.70. The largest absolute Gasteiger partial charge is 2.00 e. The van der Waals surface area contributed by atoms with Crippen LogP contribution in [-0.4, -0.2) is 40.9 Å². The zero-order chi connectivity index (χ0) is 6.95. The predicted molar refractivity (Wildman–Crippen MR) is 50.8 cm³/mol. The van der Waals surface area contributed by atoms with E-state index in [-0.39, 0.29) is 23.1 Å². The second-order valence-electron chi connectivity index (χ2n) is 1.68. The van der Waals surface area contributed by atoms with E-state index in [1.54, 1.807) is 11.8 Å². The summed E-state index contributed by atoms with van der Waals surface area (Å²) >= 11 is 1.66. The Bertz CT molecular complexity index is 68.0. The average molecular weight is 168 g/mol. The van der Waals surface area contributed by atoms with Crippen LogP contribution in [0.25, 0.3) is 0 Å². The van der Waals surface area contributed by atoms with Crippen molar-refractivity contribution in [3.05, 3.63) is 6.92 Å². The molecule has 0 bridgehead atoms. The molecule has 0 aromatic carbocycles. The quantitative estimate of drug-likeness (QED) is 0.429. The number of nitrogens with zero attached hydrogens (tertiary/aromatic N) is 1. The maximum atomic E-state index is 3.80. The van der Waals surface area contributed by atoms with E-state index in [0.717, 1.165) is 18.7 Å². The van der Waals surface area contributed by atoms with Gasteiger partial charge < -0.3 is 29.2 Å². The fraction of sp³-hybridized carbons (Fsp3) is 0.714. The van der Waals surface area contributed by atoms with Crippen LogP contribution in [0.3, 0.4) is 0 Å². The molecule has 0 unspecified atom stereocenters. The number of hydrogen-bond acceptors (Lipinski definition) is 2. The van der Waals surface area contributed by atoms with Crippen LogP contribution in [0.2, 0.25) is 0 Å². The van der Waals surface area contributed by atoms with Crippen LogP contribution in [0.5, 0.6) is 0 Å². The Morgan fingerprint density at radius 2 is 2.30 bits per heavy atom. The zero-order valence-electron chi connectivity index (χ0n) is 6.60. The molecule has 1 aliphatic rings. The molecule has 1 rings (SSSR count). The minimum Gasteiger partial charge on any atom is -0.492 e. The topological polar surface area (TPSA) is 12.4 Å². The van der Waals surface area contributed by atoms with Crippen molar-refractivity contribution in [3.8, 4) is 0 Å². The Balaban J connectivity index is 0. The van der Waals surface area contributed by atoms with Gasteiger partial charge in [-0.2, -0.15) is 6.42 Å². The van der Waals surface area contributed by atoms with Gasteiger partial charge in [0.2, 0.25) is 0 Å². The summed E-state index contributed by atoms with van der Waals surface area (Å²) in [5, 5.41) is 0. The first-order valence-electron chi connectivity index (χ1n) is 3.24. The number of rotatable bonds is 1. The molecule has 0 radical (unpaired) electrons. The number of hydrogen-bond donors (Lipinski definition) is 0. The molecule has 0 amide bonds. The number of thioether (sulfide) groups is 1.